The number of hydrogen-bond acceptors (Lipinski definition) is 4. The predicted molar refractivity (Wildman–Crippen MR) is 117 cm³/mol. The molecule has 0 fully saturated rings. The number of nitrogens with one attached hydrogen (secondary N) is 1. The van der Waals surface area contributed by atoms with Crippen molar-refractivity contribution in [2.24, 2.45) is 0 Å². The fourth-order valence-electron chi connectivity index (χ4n) is 3.28. The van der Waals surface area contributed by atoms with Crippen LogP contribution in [-0.2, 0) is 6.54 Å². The van der Waals surface area contributed by atoms with Crippen molar-refractivity contribution >= 4 is 34.8 Å². The van der Waals surface area contributed by atoms with E-state index in [9.17, 15) is 18.0 Å². The number of benzene rings is 1. The van der Waals surface area contributed by atoms with Crippen LogP contribution in [0.4, 0.5) is 13.2 Å². The number of aromatic nitrogens is 5. The summed E-state index contributed by atoms with van der Waals surface area (Å²) in [6.07, 6.45) is -1.18. The number of rotatable bonds is 7. The van der Waals surface area contributed by atoms with Gasteiger partial charge in [-0.25, -0.2) is 22.7 Å². The van der Waals surface area contributed by atoms with E-state index >= 15 is 0 Å². The maximum Gasteiger partial charge on any atom is 0.280 e. The van der Waals surface area contributed by atoms with Crippen molar-refractivity contribution in [2.75, 3.05) is 6.54 Å². The fraction of sp³-hybridized carbons (Fsp3) is 0.238. The Balaban J connectivity index is 1.54. The molecule has 0 bridgehead atoms. The molecule has 0 unspecified atom stereocenters. The SMILES string of the molecule is Cc1nn(CCCNC(=O)c2cnn3c(C(F)F)cc(-c4ccc(F)cc4)nc23)c(Cl)c1Cl. The third-order valence-electron chi connectivity index (χ3n) is 4.94. The molecule has 1 N–H and O–H groups in total. The molecular formula is C21H17Cl2F3N6O. The van der Waals surface area contributed by atoms with Crippen molar-refractivity contribution in [3.8, 4) is 11.3 Å². The first-order valence-corrected chi connectivity index (χ1v) is 10.6. The summed E-state index contributed by atoms with van der Waals surface area (Å²) in [6.45, 7) is 2.42. The van der Waals surface area contributed by atoms with E-state index in [1.165, 1.54) is 41.2 Å². The van der Waals surface area contributed by atoms with E-state index in [0.717, 1.165) is 4.52 Å². The Labute approximate surface area is 196 Å². The van der Waals surface area contributed by atoms with Crippen LogP contribution in [0, 0.1) is 12.7 Å². The summed E-state index contributed by atoms with van der Waals surface area (Å²) in [5, 5.41) is 11.5. The molecule has 1 amide bonds. The number of carbonyl (C=O) groups excluding carboxylic acids is 1. The zero-order chi connectivity index (χ0) is 23.7. The molecule has 4 rings (SSSR count). The van der Waals surface area contributed by atoms with Crippen molar-refractivity contribution in [3.05, 3.63) is 69.5 Å². The Morgan fingerprint density at radius 2 is 1.94 bits per heavy atom. The summed E-state index contributed by atoms with van der Waals surface area (Å²) in [4.78, 5) is 17.1. The predicted octanol–water partition coefficient (Wildman–Crippen LogP) is 5.10. The van der Waals surface area contributed by atoms with Crippen molar-refractivity contribution in [1.82, 2.24) is 29.7 Å². The third-order valence-corrected chi connectivity index (χ3v) is 5.87. The lowest BCUT2D eigenvalue weighted by Gasteiger charge is -2.09. The van der Waals surface area contributed by atoms with Crippen LogP contribution in [-0.4, -0.2) is 36.8 Å². The quantitative estimate of drug-likeness (QED) is 0.361. The molecule has 0 atom stereocenters. The van der Waals surface area contributed by atoms with Gasteiger partial charge in [0.05, 0.1) is 17.6 Å². The Bertz CT molecular complexity index is 1320. The Kier molecular flexibility index (Phi) is 6.57. The van der Waals surface area contributed by atoms with Gasteiger partial charge in [0, 0.05) is 18.7 Å². The normalized spacial score (nSPS) is 11.5. The molecule has 0 aliphatic heterocycles. The van der Waals surface area contributed by atoms with Crippen LogP contribution < -0.4 is 5.32 Å². The molecule has 3 heterocycles. The molecule has 1 aromatic carbocycles. The molecule has 0 saturated heterocycles. The lowest BCUT2D eigenvalue weighted by molar-refractivity contribution is 0.0953. The first-order chi connectivity index (χ1) is 15.8. The lowest BCUT2D eigenvalue weighted by atomic mass is 10.1. The highest BCUT2D eigenvalue weighted by atomic mass is 35.5. The van der Waals surface area contributed by atoms with Crippen LogP contribution in [0.25, 0.3) is 16.9 Å². The zero-order valence-corrected chi connectivity index (χ0v) is 18.7. The Morgan fingerprint density at radius 1 is 1.21 bits per heavy atom. The molecule has 172 valence electrons. The number of halogens is 5. The standard InChI is InChI=1S/C21H17Cl2F3N6O/c1-11-17(22)18(23)31(30-11)8-2-7-27-21(33)14-10-28-32-16(19(25)26)9-15(29-20(14)32)12-3-5-13(24)6-4-12/h3-6,9-10,19H,2,7-8H2,1H3,(H,27,33). The van der Waals surface area contributed by atoms with E-state index < -0.39 is 23.8 Å². The number of alkyl halides is 2. The second-order valence-electron chi connectivity index (χ2n) is 7.19. The van der Waals surface area contributed by atoms with Gasteiger partial charge in [-0.15, -0.1) is 0 Å². The van der Waals surface area contributed by atoms with Crippen molar-refractivity contribution < 1.29 is 18.0 Å². The molecular weight excluding hydrogens is 480 g/mol. The van der Waals surface area contributed by atoms with Gasteiger partial charge < -0.3 is 5.32 Å². The maximum absolute atomic E-state index is 13.7. The molecule has 0 saturated carbocycles. The molecule has 0 aliphatic carbocycles. The molecule has 0 radical (unpaired) electrons. The Morgan fingerprint density at radius 3 is 2.58 bits per heavy atom. The van der Waals surface area contributed by atoms with E-state index in [-0.39, 0.29) is 23.4 Å². The molecule has 3 aromatic heterocycles. The van der Waals surface area contributed by atoms with Crippen molar-refractivity contribution in [1.29, 1.82) is 0 Å². The van der Waals surface area contributed by atoms with Crippen LogP contribution in [0.1, 0.15) is 34.6 Å². The average molecular weight is 497 g/mol. The van der Waals surface area contributed by atoms with Crippen molar-refractivity contribution in [2.45, 2.75) is 26.3 Å². The van der Waals surface area contributed by atoms with E-state index in [1.54, 1.807) is 6.92 Å². The monoisotopic (exact) mass is 496 g/mol. The number of fused-ring (bicyclic) bond motifs is 1. The van der Waals surface area contributed by atoms with Gasteiger partial charge in [-0.1, -0.05) is 23.2 Å². The summed E-state index contributed by atoms with van der Waals surface area (Å²) in [7, 11) is 0. The molecule has 7 nitrogen and oxygen atoms in total. The smallest absolute Gasteiger partial charge is 0.280 e. The maximum atomic E-state index is 13.7. The van der Waals surface area contributed by atoms with Crippen molar-refractivity contribution in [3.63, 3.8) is 0 Å². The Hall–Kier alpha value is -3.11. The highest BCUT2D eigenvalue weighted by molar-refractivity contribution is 6.41. The summed E-state index contributed by atoms with van der Waals surface area (Å²) < 4.78 is 43.0. The van der Waals surface area contributed by atoms with Gasteiger partial charge in [-0.2, -0.15) is 10.2 Å². The molecule has 33 heavy (non-hydrogen) atoms. The van der Waals surface area contributed by atoms with E-state index in [2.05, 4.69) is 20.5 Å². The van der Waals surface area contributed by atoms with Crippen LogP contribution >= 0.6 is 23.2 Å². The van der Waals surface area contributed by atoms with Crippen LogP contribution in [0.5, 0.6) is 0 Å². The van der Waals surface area contributed by atoms with Gasteiger partial charge in [-0.3, -0.25) is 9.48 Å². The largest absolute Gasteiger partial charge is 0.352 e. The minimum atomic E-state index is -2.86. The third kappa shape index (κ3) is 4.67. The minimum absolute atomic E-state index is 0.0258. The number of carbonyl (C=O) groups is 1. The van der Waals surface area contributed by atoms with Gasteiger partial charge in [0.15, 0.2) is 5.65 Å². The van der Waals surface area contributed by atoms with Gasteiger partial charge in [0.25, 0.3) is 12.3 Å². The summed E-state index contributed by atoms with van der Waals surface area (Å²) in [5.41, 5.74) is 0.791. The second kappa shape index (κ2) is 9.40. The highest BCUT2D eigenvalue weighted by Crippen LogP contribution is 2.27. The van der Waals surface area contributed by atoms with E-state index in [0.29, 0.717) is 34.4 Å². The summed E-state index contributed by atoms with van der Waals surface area (Å²) >= 11 is 12.1. The molecule has 12 heteroatoms. The van der Waals surface area contributed by atoms with Gasteiger partial charge in [-0.05, 0) is 43.7 Å². The fourth-order valence-corrected chi connectivity index (χ4v) is 3.67. The van der Waals surface area contributed by atoms with Gasteiger partial charge in [0.2, 0.25) is 0 Å². The molecule has 0 aliphatic rings. The molecule has 0 spiro atoms. The lowest BCUT2D eigenvalue weighted by Crippen LogP contribution is -2.25. The topological polar surface area (TPSA) is 77.1 Å². The summed E-state index contributed by atoms with van der Waals surface area (Å²) in [6, 6.07) is 6.42. The average Bonchev–Trinajstić information content (AvgIpc) is 3.33. The van der Waals surface area contributed by atoms with Gasteiger partial charge >= 0.3 is 0 Å². The molecule has 4 aromatic rings. The number of amides is 1. The zero-order valence-electron chi connectivity index (χ0n) is 17.2. The van der Waals surface area contributed by atoms with Crippen LogP contribution in [0.2, 0.25) is 10.2 Å². The van der Waals surface area contributed by atoms with Crippen LogP contribution in [0.15, 0.2) is 36.5 Å². The first-order valence-electron chi connectivity index (χ1n) is 9.85. The summed E-state index contributed by atoms with van der Waals surface area (Å²) in [5.74, 6) is -0.984. The first kappa shape index (κ1) is 23.1. The number of nitrogens with zero attached hydrogens (tertiary/aromatic N) is 5. The number of hydrogen-bond donors (Lipinski definition) is 1. The minimum Gasteiger partial charge on any atom is -0.352 e. The van der Waals surface area contributed by atoms with Crippen LogP contribution in [0.3, 0.4) is 0 Å². The van der Waals surface area contributed by atoms with E-state index in [1.807, 2.05) is 0 Å². The second-order valence-corrected chi connectivity index (χ2v) is 7.93. The van der Waals surface area contributed by atoms with E-state index in [4.69, 9.17) is 23.2 Å². The highest BCUT2D eigenvalue weighted by Gasteiger charge is 2.21. The number of aryl methyl sites for hydroxylation is 2. The van der Waals surface area contributed by atoms with Gasteiger partial charge in [0.1, 0.15) is 27.3 Å².